The summed E-state index contributed by atoms with van der Waals surface area (Å²) in [6.45, 7) is 3.17. The van der Waals surface area contributed by atoms with Crippen molar-refractivity contribution in [1.82, 2.24) is 14.9 Å². The molecular formula is C17H20ClFN6O. The molecule has 0 radical (unpaired) electrons. The van der Waals surface area contributed by atoms with Crippen LogP contribution >= 0.6 is 11.6 Å². The van der Waals surface area contributed by atoms with Gasteiger partial charge in [-0.3, -0.25) is 4.79 Å². The first kappa shape index (κ1) is 18.2. The molecule has 0 atom stereocenters. The molecule has 3 rings (SSSR count). The Bertz CT molecular complexity index is 744. The molecule has 1 aromatic carbocycles. The molecule has 2 heterocycles. The van der Waals surface area contributed by atoms with Crippen molar-refractivity contribution >= 4 is 35.0 Å². The smallest absolute Gasteiger partial charge is 0.224 e. The fraction of sp³-hybridized carbons (Fsp3) is 0.353. The molecule has 138 valence electrons. The van der Waals surface area contributed by atoms with E-state index in [9.17, 15) is 9.18 Å². The molecule has 1 aliphatic heterocycles. The Hall–Kier alpha value is -2.61. The van der Waals surface area contributed by atoms with E-state index in [1.807, 2.05) is 4.90 Å². The minimum absolute atomic E-state index is 0.0735. The monoisotopic (exact) mass is 378 g/mol. The molecule has 0 spiro atoms. The van der Waals surface area contributed by atoms with Gasteiger partial charge in [0.05, 0.1) is 0 Å². The molecule has 2 aromatic rings. The molecule has 9 heteroatoms. The molecule has 3 N–H and O–H groups in total. The number of hydrogen-bond acceptors (Lipinski definition) is 6. The predicted molar refractivity (Wildman–Crippen MR) is 99.8 cm³/mol. The molecule has 0 unspecified atom stereocenters. The van der Waals surface area contributed by atoms with Gasteiger partial charge in [0.2, 0.25) is 11.9 Å². The molecule has 1 fully saturated rings. The molecule has 1 aromatic heterocycles. The van der Waals surface area contributed by atoms with Gasteiger partial charge in [-0.15, -0.1) is 0 Å². The average Bonchev–Trinajstić information content (AvgIpc) is 2.62. The second kappa shape index (κ2) is 8.18. The van der Waals surface area contributed by atoms with E-state index in [-0.39, 0.29) is 22.8 Å². The van der Waals surface area contributed by atoms with Gasteiger partial charge in [0.1, 0.15) is 16.8 Å². The summed E-state index contributed by atoms with van der Waals surface area (Å²) in [5, 5.41) is 3.28. The lowest BCUT2D eigenvalue weighted by molar-refractivity contribution is -0.131. The minimum atomic E-state index is -0.248. The number of anilines is 3. The van der Waals surface area contributed by atoms with Crippen LogP contribution in [-0.4, -0.2) is 53.5 Å². The summed E-state index contributed by atoms with van der Waals surface area (Å²) in [5.41, 5.74) is 6.50. The molecule has 1 saturated heterocycles. The number of benzene rings is 1. The Kier molecular flexibility index (Phi) is 5.72. The van der Waals surface area contributed by atoms with E-state index in [1.54, 1.807) is 18.2 Å². The van der Waals surface area contributed by atoms with Crippen LogP contribution in [0.15, 0.2) is 30.3 Å². The lowest BCUT2D eigenvalue weighted by Gasteiger charge is -2.36. The topological polar surface area (TPSA) is 87.4 Å². The second-order valence-electron chi connectivity index (χ2n) is 5.96. The highest BCUT2D eigenvalue weighted by molar-refractivity contribution is 6.29. The lowest BCUT2D eigenvalue weighted by Crippen LogP contribution is -2.49. The summed E-state index contributed by atoms with van der Waals surface area (Å²) in [6, 6.07) is 7.98. The molecule has 0 bridgehead atoms. The van der Waals surface area contributed by atoms with Crippen LogP contribution < -0.4 is 16.0 Å². The number of carbonyl (C=O) groups excluding carboxylic acids is 1. The number of nitrogen functional groups attached to an aromatic ring is 1. The van der Waals surface area contributed by atoms with Crippen molar-refractivity contribution in [3.63, 3.8) is 0 Å². The summed E-state index contributed by atoms with van der Waals surface area (Å²) in [4.78, 5) is 24.1. The predicted octanol–water partition coefficient (Wildman–Crippen LogP) is 2.00. The largest absolute Gasteiger partial charge is 0.369 e. The average molecular weight is 379 g/mol. The van der Waals surface area contributed by atoms with Crippen LogP contribution in [0, 0.1) is 5.82 Å². The quantitative estimate of drug-likeness (QED) is 0.774. The van der Waals surface area contributed by atoms with Gasteiger partial charge < -0.3 is 20.9 Å². The first-order chi connectivity index (χ1) is 12.5. The third-order valence-corrected chi connectivity index (χ3v) is 4.37. The zero-order valence-corrected chi connectivity index (χ0v) is 14.9. The molecule has 0 aliphatic carbocycles. The van der Waals surface area contributed by atoms with E-state index in [0.29, 0.717) is 31.9 Å². The maximum atomic E-state index is 13.0. The molecular weight excluding hydrogens is 359 g/mol. The van der Waals surface area contributed by atoms with Crippen molar-refractivity contribution in [2.24, 2.45) is 0 Å². The Morgan fingerprint density at radius 3 is 2.54 bits per heavy atom. The van der Waals surface area contributed by atoms with Gasteiger partial charge in [-0.05, 0) is 24.3 Å². The third-order valence-electron chi connectivity index (χ3n) is 4.18. The van der Waals surface area contributed by atoms with Crippen molar-refractivity contribution in [2.45, 2.75) is 6.42 Å². The van der Waals surface area contributed by atoms with E-state index in [2.05, 4.69) is 20.2 Å². The fourth-order valence-corrected chi connectivity index (χ4v) is 3.04. The Morgan fingerprint density at radius 2 is 1.88 bits per heavy atom. The first-order valence-corrected chi connectivity index (χ1v) is 8.71. The molecule has 0 saturated carbocycles. The van der Waals surface area contributed by atoms with Crippen molar-refractivity contribution in [1.29, 1.82) is 0 Å². The van der Waals surface area contributed by atoms with Crippen LogP contribution in [0.2, 0.25) is 5.15 Å². The van der Waals surface area contributed by atoms with E-state index in [1.165, 1.54) is 12.1 Å². The van der Waals surface area contributed by atoms with Gasteiger partial charge in [0.25, 0.3) is 0 Å². The SMILES string of the molecule is Nc1nc(Cl)cc(NCCC(=O)N2CCN(c3ccc(F)cc3)CC2)n1. The highest BCUT2D eigenvalue weighted by atomic mass is 35.5. The normalized spacial score (nSPS) is 14.4. The van der Waals surface area contributed by atoms with Crippen LogP contribution in [0.4, 0.5) is 21.8 Å². The van der Waals surface area contributed by atoms with Crippen LogP contribution in [0.1, 0.15) is 6.42 Å². The highest BCUT2D eigenvalue weighted by Gasteiger charge is 2.21. The van der Waals surface area contributed by atoms with E-state index in [4.69, 9.17) is 17.3 Å². The minimum Gasteiger partial charge on any atom is -0.369 e. The van der Waals surface area contributed by atoms with Gasteiger partial charge in [0, 0.05) is 50.9 Å². The summed E-state index contributed by atoms with van der Waals surface area (Å²) in [5.74, 6) is 0.408. The maximum Gasteiger partial charge on any atom is 0.224 e. The number of piperazine rings is 1. The number of nitrogens with two attached hydrogens (primary N) is 1. The van der Waals surface area contributed by atoms with Crippen molar-refractivity contribution in [3.05, 3.63) is 41.3 Å². The van der Waals surface area contributed by atoms with Gasteiger partial charge >= 0.3 is 0 Å². The van der Waals surface area contributed by atoms with E-state index in [0.717, 1.165) is 18.8 Å². The van der Waals surface area contributed by atoms with Crippen LogP contribution in [0.3, 0.4) is 0 Å². The third kappa shape index (κ3) is 4.72. The van der Waals surface area contributed by atoms with Crippen LogP contribution in [-0.2, 0) is 4.79 Å². The molecule has 7 nitrogen and oxygen atoms in total. The zero-order valence-electron chi connectivity index (χ0n) is 14.2. The van der Waals surface area contributed by atoms with Gasteiger partial charge in [0.15, 0.2) is 0 Å². The number of halogens is 2. The highest BCUT2D eigenvalue weighted by Crippen LogP contribution is 2.17. The van der Waals surface area contributed by atoms with Gasteiger partial charge in [-0.25, -0.2) is 9.37 Å². The summed E-state index contributed by atoms with van der Waals surface area (Å²) >= 11 is 5.81. The van der Waals surface area contributed by atoms with Crippen LogP contribution in [0.5, 0.6) is 0 Å². The molecule has 1 amide bonds. The Morgan fingerprint density at radius 1 is 1.19 bits per heavy atom. The van der Waals surface area contributed by atoms with Crippen molar-refractivity contribution < 1.29 is 9.18 Å². The maximum absolute atomic E-state index is 13.0. The number of hydrogen-bond donors (Lipinski definition) is 2. The first-order valence-electron chi connectivity index (χ1n) is 8.33. The van der Waals surface area contributed by atoms with Crippen molar-refractivity contribution in [2.75, 3.05) is 48.7 Å². The summed E-state index contributed by atoms with van der Waals surface area (Å²) < 4.78 is 13.0. The molecule has 1 aliphatic rings. The number of aromatic nitrogens is 2. The summed E-state index contributed by atoms with van der Waals surface area (Å²) in [6.07, 6.45) is 0.345. The van der Waals surface area contributed by atoms with Gasteiger partial charge in [-0.1, -0.05) is 11.6 Å². The second-order valence-corrected chi connectivity index (χ2v) is 6.34. The standard InChI is InChI=1S/C17H20ClFN6O/c18-14-11-15(23-17(20)22-14)21-6-5-16(26)25-9-7-24(8-10-25)13-3-1-12(19)2-4-13/h1-4,11H,5-10H2,(H3,20,21,22,23). The molecule has 26 heavy (non-hydrogen) atoms. The lowest BCUT2D eigenvalue weighted by atomic mass is 10.2. The van der Waals surface area contributed by atoms with E-state index < -0.39 is 0 Å². The summed E-state index contributed by atoms with van der Waals surface area (Å²) in [7, 11) is 0. The number of amides is 1. The van der Waals surface area contributed by atoms with Crippen molar-refractivity contribution in [3.8, 4) is 0 Å². The van der Waals surface area contributed by atoms with E-state index >= 15 is 0 Å². The number of nitrogens with zero attached hydrogens (tertiary/aromatic N) is 4. The Balaban J connectivity index is 1.44. The Labute approximate surface area is 156 Å². The fourth-order valence-electron chi connectivity index (χ4n) is 2.85. The number of nitrogens with one attached hydrogen (secondary N) is 1. The number of rotatable bonds is 5. The number of carbonyl (C=O) groups is 1. The van der Waals surface area contributed by atoms with Crippen LogP contribution in [0.25, 0.3) is 0 Å². The van der Waals surface area contributed by atoms with Gasteiger partial charge in [-0.2, -0.15) is 4.98 Å². The zero-order chi connectivity index (χ0) is 18.5.